The van der Waals surface area contributed by atoms with Crippen molar-refractivity contribution in [1.82, 2.24) is 14.7 Å². The molecule has 32 heavy (non-hydrogen) atoms. The molecule has 1 aliphatic rings. The number of carbonyl (C=O) groups excluding carboxylic acids is 1. The Labute approximate surface area is 189 Å². The number of rotatable bonds is 7. The van der Waals surface area contributed by atoms with Gasteiger partial charge in [0.1, 0.15) is 23.2 Å². The van der Waals surface area contributed by atoms with Crippen LogP contribution in [0.4, 0.5) is 10.5 Å². The fourth-order valence-corrected chi connectivity index (χ4v) is 4.17. The summed E-state index contributed by atoms with van der Waals surface area (Å²) < 4.78 is 20.1. The van der Waals surface area contributed by atoms with Crippen LogP contribution in [0.3, 0.4) is 0 Å². The normalized spacial score (nSPS) is 17.1. The molecule has 2 atom stereocenters. The van der Waals surface area contributed by atoms with Gasteiger partial charge in [-0.2, -0.15) is 4.37 Å². The molecule has 2 heterocycles. The number of nitro benzene ring substituents is 1. The lowest BCUT2D eigenvalue weighted by Crippen LogP contribution is -2.27. The summed E-state index contributed by atoms with van der Waals surface area (Å²) in [7, 11) is 1.51. The molecule has 0 amide bonds. The smallest absolute Gasteiger partial charge is 0.431 e. The van der Waals surface area contributed by atoms with Gasteiger partial charge in [0, 0.05) is 30.0 Å². The SMILES string of the molecule is COC(C)COC(=O)OC1=C(C)NC(C)=C(c2nc(C)ns2)C1c1ccccc1[N+](=O)[O-]. The number of hydrogen-bond acceptors (Lipinski definition) is 10. The highest BCUT2D eigenvalue weighted by Crippen LogP contribution is 2.46. The van der Waals surface area contributed by atoms with E-state index in [9.17, 15) is 14.9 Å². The summed E-state index contributed by atoms with van der Waals surface area (Å²) in [4.78, 5) is 28.3. The zero-order valence-corrected chi connectivity index (χ0v) is 19.2. The third-order valence-corrected chi connectivity index (χ3v) is 5.77. The number of methoxy groups -OCH3 is 1. The number of dihydropyridines is 1. The largest absolute Gasteiger partial charge is 0.513 e. The summed E-state index contributed by atoms with van der Waals surface area (Å²) >= 11 is 1.17. The van der Waals surface area contributed by atoms with Gasteiger partial charge in [0.25, 0.3) is 5.69 Å². The average Bonchev–Trinajstić information content (AvgIpc) is 3.19. The van der Waals surface area contributed by atoms with Crippen molar-refractivity contribution in [3.8, 4) is 0 Å². The summed E-state index contributed by atoms with van der Waals surface area (Å²) in [5, 5.41) is 15.6. The molecule has 1 N–H and O–H groups in total. The van der Waals surface area contributed by atoms with E-state index >= 15 is 0 Å². The molecule has 170 valence electrons. The van der Waals surface area contributed by atoms with Gasteiger partial charge in [-0.3, -0.25) is 10.1 Å². The summed E-state index contributed by atoms with van der Waals surface area (Å²) in [6, 6.07) is 6.35. The topological polar surface area (TPSA) is 126 Å². The van der Waals surface area contributed by atoms with Gasteiger partial charge in [-0.1, -0.05) is 18.2 Å². The Hall–Kier alpha value is -3.31. The zero-order chi connectivity index (χ0) is 23.4. The molecule has 0 fully saturated rings. The van der Waals surface area contributed by atoms with Crippen LogP contribution in [-0.2, 0) is 14.2 Å². The van der Waals surface area contributed by atoms with Crippen LogP contribution in [0.15, 0.2) is 41.4 Å². The molecule has 11 heteroatoms. The number of ether oxygens (including phenoxy) is 3. The predicted octanol–water partition coefficient (Wildman–Crippen LogP) is 4.29. The number of nitrogens with zero attached hydrogens (tertiary/aromatic N) is 3. The number of allylic oxidation sites excluding steroid dienone is 3. The molecular formula is C21H24N4O6S. The van der Waals surface area contributed by atoms with Gasteiger partial charge in [-0.25, -0.2) is 9.78 Å². The van der Waals surface area contributed by atoms with Crippen molar-refractivity contribution in [1.29, 1.82) is 0 Å². The lowest BCUT2D eigenvalue weighted by molar-refractivity contribution is -0.385. The van der Waals surface area contributed by atoms with Crippen LogP contribution >= 0.6 is 11.5 Å². The lowest BCUT2D eigenvalue weighted by Gasteiger charge is -2.30. The lowest BCUT2D eigenvalue weighted by atomic mass is 9.84. The minimum Gasteiger partial charge on any atom is -0.431 e. The quantitative estimate of drug-likeness (QED) is 0.366. The molecule has 0 bridgehead atoms. The van der Waals surface area contributed by atoms with Crippen LogP contribution in [0.1, 0.15) is 43.1 Å². The number of aryl methyl sites for hydroxylation is 1. The molecule has 0 spiro atoms. The second-order valence-electron chi connectivity index (χ2n) is 7.26. The molecule has 0 aliphatic carbocycles. The van der Waals surface area contributed by atoms with E-state index < -0.39 is 17.0 Å². The maximum Gasteiger partial charge on any atom is 0.513 e. The van der Waals surface area contributed by atoms with Crippen molar-refractivity contribution in [2.75, 3.05) is 13.7 Å². The van der Waals surface area contributed by atoms with E-state index in [0.717, 1.165) is 5.70 Å². The van der Waals surface area contributed by atoms with Crippen LogP contribution in [0.25, 0.3) is 5.57 Å². The first-order valence-corrected chi connectivity index (χ1v) is 10.6. The van der Waals surface area contributed by atoms with Crippen LogP contribution in [0.2, 0.25) is 0 Å². The molecule has 1 aromatic heterocycles. The van der Waals surface area contributed by atoms with Gasteiger partial charge in [-0.15, -0.1) is 0 Å². The van der Waals surface area contributed by atoms with E-state index in [1.807, 2.05) is 6.92 Å². The van der Waals surface area contributed by atoms with E-state index in [0.29, 0.717) is 27.7 Å². The third-order valence-electron chi connectivity index (χ3n) is 4.93. The van der Waals surface area contributed by atoms with Crippen LogP contribution < -0.4 is 5.32 Å². The second kappa shape index (κ2) is 9.88. The Morgan fingerprint density at radius 3 is 2.62 bits per heavy atom. The molecule has 0 saturated carbocycles. The second-order valence-corrected chi connectivity index (χ2v) is 8.01. The summed E-state index contributed by atoms with van der Waals surface area (Å²) in [6.45, 7) is 7.08. The molecule has 10 nitrogen and oxygen atoms in total. The Kier molecular flexibility index (Phi) is 7.21. The number of carbonyl (C=O) groups is 1. The maximum absolute atomic E-state index is 12.5. The first-order valence-electron chi connectivity index (χ1n) is 9.82. The van der Waals surface area contributed by atoms with Crippen LogP contribution in [0.5, 0.6) is 0 Å². The first-order chi connectivity index (χ1) is 15.2. The molecule has 1 aliphatic heterocycles. The predicted molar refractivity (Wildman–Crippen MR) is 118 cm³/mol. The standard InChI is InChI=1S/C21H24N4O6S/c1-11(29-5)10-30-21(26)31-19-13(3)22-12(2)17(20-23-14(4)24-32-20)18(19)15-8-6-7-9-16(15)25(27)28/h6-9,11,18,22H,10H2,1-5H3. The van der Waals surface area contributed by atoms with E-state index in [4.69, 9.17) is 14.2 Å². The van der Waals surface area contributed by atoms with E-state index in [1.54, 1.807) is 39.0 Å². The summed E-state index contributed by atoms with van der Waals surface area (Å²) in [5.41, 5.74) is 2.18. The molecule has 3 rings (SSSR count). The monoisotopic (exact) mass is 460 g/mol. The van der Waals surface area contributed by atoms with Crippen molar-refractivity contribution in [3.63, 3.8) is 0 Å². The van der Waals surface area contributed by atoms with Crippen molar-refractivity contribution >= 4 is 28.9 Å². The van der Waals surface area contributed by atoms with Gasteiger partial charge in [0.15, 0.2) is 0 Å². The number of hydrogen-bond donors (Lipinski definition) is 1. The third kappa shape index (κ3) is 4.94. The van der Waals surface area contributed by atoms with E-state index in [2.05, 4.69) is 14.7 Å². The number of para-hydroxylation sites is 1. The van der Waals surface area contributed by atoms with Crippen molar-refractivity contribution in [2.24, 2.45) is 0 Å². The minimum atomic E-state index is -0.930. The first kappa shape index (κ1) is 23.4. The fourth-order valence-electron chi connectivity index (χ4n) is 3.37. The van der Waals surface area contributed by atoms with E-state index in [1.165, 1.54) is 24.7 Å². The molecule has 2 unspecified atom stereocenters. The molecule has 0 radical (unpaired) electrons. The fraction of sp³-hybridized carbons (Fsp3) is 0.381. The summed E-state index contributed by atoms with van der Waals surface area (Å²) in [6.07, 6.45) is -1.24. The zero-order valence-electron chi connectivity index (χ0n) is 18.4. The number of nitrogens with one attached hydrogen (secondary N) is 1. The summed E-state index contributed by atoms with van der Waals surface area (Å²) in [5.74, 6) is 0.00809. The Morgan fingerprint density at radius 2 is 2.00 bits per heavy atom. The van der Waals surface area contributed by atoms with Gasteiger partial charge in [0.2, 0.25) is 0 Å². The highest BCUT2D eigenvalue weighted by atomic mass is 32.1. The van der Waals surface area contributed by atoms with Crippen molar-refractivity contribution < 1.29 is 23.9 Å². The van der Waals surface area contributed by atoms with Crippen molar-refractivity contribution in [2.45, 2.75) is 39.7 Å². The van der Waals surface area contributed by atoms with Crippen LogP contribution in [0, 0.1) is 17.0 Å². The number of aromatic nitrogens is 2. The maximum atomic E-state index is 12.5. The minimum absolute atomic E-state index is 0.00254. The van der Waals surface area contributed by atoms with E-state index in [-0.39, 0.29) is 24.2 Å². The van der Waals surface area contributed by atoms with Gasteiger partial charge in [-0.05, 0) is 39.2 Å². The Morgan fingerprint density at radius 1 is 1.28 bits per heavy atom. The van der Waals surface area contributed by atoms with Gasteiger partial charge < -0.3 is 19.5 Å². The molecule has 1 aromatic carbocycles. The highest BCUT2D eigenvalue weighted by molar-refractivity contribution is 7.06. The highest BCUT2D eigenvalue weighted by Gasteiger charge is 2.38. The van der Waals surface area contributed by atoms with Gasteiger partial charge >= 0.3 is 6.16 Å². The Balaban J connectivity index is 2.09. The molecule has 2 aromatic rings. The number of nitro groups is 1. The van der Waals surface area contributed by atoms with Crippen molar-refractivity contribution in [3.05, 3.63) is 67.9 Å². The molecule has 0 saturated heterocycles. The number of benzene rings is 1. The van der Waals surface area contributed by atoms with Crippen LogP contribution in [-0.4, -0.2) is 40.3 Å². The molecular weight excluding hydrogens is 436 g/mol. The average molecular weight is 461 g/mol. The Bertz CT molecular complexity index is 1090. The van der Waals surface area contributed by atoms with Gasteiger partial charge in [0.05, 0.1) is 22.6 Å².